The van der Waals surface area contributed by atoms with Gasteiger partial charge in [0.25, 0.3) is 0 Å². The van der Waals surface area contributed by atoms with Crippen molar-refractivity contribution in [1.29, 1.82) is 0 Å². The third-order valence-electron chi connectivity index (χ3n) is 6.14. The molecular formula is C19H27ClN2OS. The zero-order chi connectivity index (χ0) is 15.9. The molecule has 1 spiro atoms. The summed E-state index contributed by atoms with van der Waals surface area (Å²) in [7, 11) is 0. The average Bonchev–Trinajstić information content (AvgIpc) is 2.95. The second kappa shape index (κ2) is 7.25. The molecular weight excluding hydrogens is 340 g/mol. The monoisotopic (exact) mass is 366 g/mol. The molecule has 0 aromatic heterocycles. The first-order valence-corrected chi connectivity index (χ1v) is 10.0. The summed E-state index contributed by atoms with van der Waals surface area (Å²) in [5.74, 6) is 2.60. The van der Waals surface area contributed by atoms with Gasteiger partial charge >= 0.3 is 0 Å². The van der Waals surface area contributed by atoms with Crippen molar-refractivity contribution in [1.82, 2.24) is 5.32 Å². The van der Waals surface area contributed by atoms with Gasteiger partial charge < -0.3 is 5.32 Å². The fourth-order valence-corrected chi connectivity index (χ4v) is 6.47. The normalized spacial score (nSPS) is 40.1. The molecule has 3 unspecified atom stereocenters. The molecule has 2 heterocycles. The number of thioether (sulfide) groups is 1. The highest BCUT2D eigenvalue weighted by atomic mass is 35.5. The Morgan fingerprint density at radius 1 is 1.33 bits per heavy atom. The molecule has 5 heteroatoms. The fraction of sp³-hybridized carbons (Fsp3) is 0.684. The highest BCUT2D eigenvalue weighted by Crippen LogP contribution is 2.57. The van der Waals surface area contributed by atoms with Crippen LogP contribution in [0.3, 0.4) is 0 Å². The van der Waals surface area contributed by atoms with Crippen LogP contribution in [0.2, 0.25) is 0 Å². The van der Waals surface area contributed by atoms with E-state index in [2.05, 4.69) is 35.5 Å². The maximum atomic E-state index is 12.9. The van der Waals surface area contributed by atoms with Crippen molar-refractivity contribution in [2.45, 2.75) is 56.2 Å². The van der Waals surface area contributed by atoms with E-state index >= 15 is 0 Å². The van der Waals surface area contributed by atoms with E-state index < -0.39 is 0 Å². The molecule has 0 aromatic rings. The van der Waals surface area contributed by atoms with Crippen molar-refractivity contribution in [3.63, 3.8) is 0 Å². The van der Waals surface area contributed by atoms with E-state index in [-0.39, 0.29) is 23.1 Å². The quantitative estimate of drug-likeness (QED) is 0.797. The van der Waals surface area contributed by atoms with Crippen LogP contribution in [0.1, 0.15) is 45.4 Å². The second-order valence-corrected chi connectivity index (χ2v) is 8.96. The Hall–Kier alpha value is -0.740. The number of aliphatic imine (C=N–C) groups is 1. The van der Waals surface area contributed by atoms with Crippen LogP contribution in [0.15, 0.2) is 28.9 Å². The number of halogens is 1. The van der Waals surface area contributed by atoms with Crippen molar-refractivity contribution in [2.75, 3.05) is 5.75 Å². The first kappa shape index (κ1) is 18.1. The topological polar surface area (TPSA) is 41.5 Å². The van der Waals surface area contributed by atoms with Gasteiger partial charge in [0.2, 0.25) is 5.91 Å². The van der Waals surface area contributed by atoms with E-state index in [1.54, 1.807) is 0 Å². The van der Waals surface area contributed by atoms with Crippen molar-refractivity contribution >= 4 is 36.3 Å². The van der Waals surface area contributed by atoms with Gasteiger partial charge in [-0.05, 0) is 56.4 Å². The van der Waals surface area contributed by atoms with Crippen LogP contribution in [-0.4, -0.2) is 28.7 Å². The molecule has 3 nitrogen and oxygen atoms in total. The summed E-state index contributed by atoms with van der Waals surface area (Å²) in [6, 6.07) is 0.402. The van der Waals surface area contributed by atoms with Gasteiger partial charge in [0, 0.05) is 18.0 Å². The van der Waals surface area contributed by atoms with Crippen LogP contribution >= 0.6 is 24.2 Å². The largest absolute Gasteiger partial charge is 0.353 e. The summed E-state index contributed by atoms with van der Waals surface area (Å²) in [6.45, 7) is 2.32. The number of carbonyl (C=O) groups is 1. The number of allylic oxidation sites excluding steroid dienone is 3. The second-order valence-electron chi connectivity index (χ2n) is 7.61. The lowest BCUT2D eigenvalue weighted by atomic mass is 9.73. The summed E-state index contributed by atoms with van der Waals surface area (Å²) in [4.78, 5) is 17.5. The minimum absolute atomic E-state index is 0. The van der Waals surface area contributed by atoms with E-state index in [4.69, 9.17) is 0 Å². The van der Waals surface area contributed by atoms with E-state index in [0.29, 0.717) is 17.9 Å². The molecule has 0 aromatic carbocycles. The highest BCUT2D eigenvalue weighted by molar-refractivity contribution is 8.01. The van der Waals surface area contributed by atoms with Gasteiger partial charge in [-0.1, -0.05) is 19.1 Å². The Morgan fingerprint density at radius 2 is 2.12 bits per heavy atom. The maximum Gasteiger partial charge on any atom is 0.224 e. The summed E-state index contributed by atoms with van der Waals surface area (Å²) in [6.07, 6.45) is 15.3. The van der Waals surface area contributed by atoms with Gasteiger partial charge in [-0.25, -0.2) is 0 Å². The molecule has 4 aliphatic rings. The molecule has 3 atom stereocenters. The summed E-state index contributed by atoms with van der Waals surface area (Å²) in [5, 5.41) is 3.37. The first-order valence-electron chi connectivity index (χ1n) is 9.03. The van der Waals surface area contributed by atoms with Crippen LogP contribution in [0, 0.1) is 17.8 Å². The standard InChI is InChI=1S/C19H26N2OS.ClH/c1-13-5-7-14(8-6-13)21-18(22)15-12-23-19-10-3-2-4-17(19)20-11-9-16(15)19;/h2-4,11,13-16H,5-10,12H2,1H3,(H,21,22);1H. The van der Waals surface area contributed by atoms with Gasteiger partial charge in [-0.3, -0.25) is 9.79 Å². The smallest absolute Gasteiger partial charge is 0.224 e. The maximum absolute atomic E-state index is 12.9. The molecule has 1 amide bonds. The molecule has 24 heavy (non-hydrogen) atoms. The number of carbonyl (C=O) groups excluding carboxylic acids is 1. The SMILES string of the molecule is CC1CCC(NC(=O)C2CSC34CC=CC=C3N=CCC24)CC1.Cl. The molecule has 2 fully saturated rings. The van der Waals surface area contributed by atoms with Crippen LogP contribution in [-0.2, 0) is 4.79 Å². The molecule has 4 rings (SSSR count). The van der Waals surface area contributed by atoms with Crippen molar-refractivity contribution in [3.05, 3.63) is 23.9 Å². The zero-order valence-corrected chi connectivity index (χ0v) is 15.9. The molecule has 2 aliphatic carbocycles. The summed E-state index contributed by atoms with van der Waals surface area (Å²) in [5.41, 5.74) is 1.18. The van der Waals surface area contributed by atoms with Crippen molar-refractivity contribution < 1.29 is 4.79 Å². The third kappa shape index (κ3) is 3.08. The van der Waals surface area contributed by atoms with Crippen LogP contribution in [0.25, 0.3) is 0 Å². The average molecular weight is 367 g/mol. The third-order valence-corrected chi connectivity index (χ3v) is 7.86. The van der Waals surface area contributed by atoms with Crippen LogP contribution < -0.4 is 5.32 Å². The molecule has 132 valence electrons. The zero-order valence-electron chi connectivity index (χ0n) is 14.2. The summed E-state index contributed by atoms with van der Waals surface area (Å²) < 4.78 is 0.0621. The Morgan fingerprint density at radius 3 is 2.92 bits per heavy atom. The molecule has 0 radical (unpaired) electrons. The van der Waals surface area contributed by atoms with Crippen LogP contribution in [0.4, 0.5) is 0 Å². The van der Waals surface area contributed by atoms with Gasteiger partial charge in [-0.2, -0.15) is 0 Å². The number of hydrogen-bond acceptors (Lipinski definition) is 3. The number of nitrogens with one attached hydrogen (secondary N) is 1. The molecule has 1 saturated heterocycles. The predicted molar refractivity (Wildman–Crippen MR) is 104 cm³/mol. The first-order chi connectivity index (χ1) is 11.2. The lowest BCUT2D eigenvalue weighted by Crippen LogP contribution is -2.46. The van der Waals surface area contributed by atoms with Crippen LogP contribution in [0.5, 0.6) is 0 Å². The van der Waals surface area contributed by atoms with E-state index in [1.165, 1.54) is 18.5 Å². The lowest BCUT2D eigenvalue weighted by Gasteiger charge is -2.39. The van der Waals surface area contributed by atoms with Gasteiger partial charge in [0.05, 0.1) is 16.4 Å². The number of hydrogen-bond donors (Lipinski definition) is 1. The van der Waals surface area contributed by atoms with Crippen molar-refractivity contribution in [2.24, 2.45) is 22.7 Å². The molecule has 1 N–H and O–H groups in total. The molecule has 1 saturated carbocycles. The van der Waals surface area contributed by atoms with Gasteiger partial charge in [0.15, 0.2) is 0 Å². The highest BCUT2D eigenvalue weighted by Gasteiger charge is 2.54. The number of amides is 1. The molecule has 2 aliphatic heterocycles. The minimum Gasteiger partial charge on any atom is -0.353 e. The van der Waals surface area contributed by atoms with E-state index in [9.17, 15) is 4.79 Å². The minimum atomic E-state index is 0. The fourth-order valence-electron chi connectivity index (χ4n) is 4.65. The number of rotatable bonds is 2. The Labute approximate surface area is 155 Å². The predicted octanol–water partition coefficient (Wildman–Crippen LogP) is 4.14. The van der Waals surface area contributed by atoms with Gasteiger partial charge in [-0.15, -0.1) is 24.2 Å². The van der Waals surface area contributed by atoms with E-state index in [0.717, 1.165) is 37.4 Å². The van der Waals surface area contributed by atoms with Crippen molar-refractivity contribution in [3.8, 4) is 0 Å². The Balaban J connectivity index is 0.00000169. The Kier molecular flexibility index (Phi) is 5.45. The van der Waals surface area contributed by atoms with E-state index in [1.807, 2.05) is 18.0 Å². The molecule has 0 bridgehead atoms. The lowest BCUT2D eigenvalue weighted by molar-refractivity contribution is -0.126. The summed E-state index contributed by atoms with van der Waals surface area (Å²) >= 11 is 1.96. The Bertz CT molecular complexity index is 580. The number of nitrogens with zero attached hydrogens (tertiary/aromatic N) is 1. The van der Waals surface area contributed by atoms with Gasteiger partial charge in [0.1, 0.15) is 0 Å².